The van der Waals surface area contributed by atoms with Gasteiger partial charge in [0.1, 0.15) is 18.9 Å². The third-order valence-corrected chi connectivity index (χ3v) is 7.58. The minimum Gasteiger partial charge on any atom is -0.496 e. The molecule has 8 nitrogen and oxygen atoms in total. The Morgan fingerprint density at radius 2 is 1.64 bits per heavy atom. The van der Waals surface area contributed by atoms with Crippen molar-refractivity contribution in [1.82, 2.24) is 14.7 Å². The summed E-state index contributed by atoms with van der Waals surface area (Å²) >= 11 is 6.31. The summed E-state index contributed by atoms with van der Waals surface area (Å²) in [4.78, 5) is 28.8. The number of halogens is 1. The topological polar surface area (TPSA) is 82.9 Å². The molecule has 0 unspecified atom stereocenters. The molecular weight excluding hydrogens is 554 g/mol. The number of aromatic nitrogens is 2. The van der Waals surface area contributed by atoms with E-state index in [-0.39, 0.29) is 31.2 Å². The van der Waals surface area contributed by atoms with E-state index < -0.39 is 0 Å². The average Bonchev–Trinajstić information content (AvgIpc) is 3.25. The molecule has 0 saturated carbocycles. The summed E-state index contributed by atoms with van der Waals surface area (Å²) in [6.45, 7) is 0.650. The minimum absolute atomic E-state index is 0.211. The quantitative estimate of drug-likeness (QED) is 0.251. The number of methoxy groups -OCH3 is 2. The van der Waals surface area contributed by atoms with E-state index in [1.165, 1.54) is 4.68 Å². The Morgan fingerprint density at radius 3 is 2.40 bits per heavy atom. The number of hydrogen-bond donors (Lipinski definition) is 0. The molecule has 0 spiro atoms. The molecule has 4 aromatic carbocycles. The molecule has 0 saturated heterocycles. The normalized spacial score (nSPS) is 12.8. The van der Waals surface area contributed by atoms with Gasteiger partial charge in [0.15, 0.2) is 11.5 Å². The summed E-state index contributed by atoms with van der Waals surface area (Å²) < 4.78 is 18.6. The van der Waals surface area contributed by atoms with Crippen LogP contribution in [0.3, 0.4) is 0 Å². The number of rotatable bonds is 6. The van der Waals surface area contributed by atoms with Gasteiger partial charge in [0.25, 0.3) is 5.56 Å². The van der Waals surface area contributed by atoms with E-state index in [0.717, 1.165) is 27.6 Å². The van der Waals surface area contributed by atoms with E-state index in [2.05, 4.69) is 5.10 Å². The van der Waals surface area contributed by atoms with Gasteiger partial charge >= 0.3 is 0 Å². The van der Waals surface area contributed by atoms with Crippen LogP contribution in [0.25, 0.3) is 33.2 Å². The van der Waals surface area contributed by atoms with Crippen LogP contribution in [0.4, 0.5) is 0 Å². The van der Waals surface area contributed by atoms with E-state index in [1.807, 2.05) is 66.7 Å². The van der Waals surface area contributed by atoms with Crippen LogP contribution in [0.2, 0.25) is 5.02 Å². The van der Waals surface area contributed by atoms with Crippen molar-refractivity contribution in [3.8, 4) is 39.6 Å². The third kappa shape index (κ3) is 5.17. The molecule has 6 rings (SSSR count). The van der Waals surface area contributed by atoms with Gasteiger partial charge in [0, 0.05) is 33.6 Å². The largest absolute Gasteiger partial charge is 0.496 e. The van der Waals surface area contributed by atoms with Crippen molar-refractivity contribution in [2.24, 2.45) is 0 Å². The van der Waals surface area contributed by atoms with Crippen molar-refractivity contribution in [2.45, 2.75) is 13.1 Å². The fourth-order valence-electron chi connectivity index (χ4n) is 5.29. The molecule has 0 bridgehead atoms. The van der Waals surface area contributed by atoms with Gasteiger partial charge in [-0.15, -0.1) is 0 Å². The number of fused-ring (bicyclic) bond motifs is 2. The van der Waals surface area contributed by atoms with Crippen molar-refractivity contribution >= 4 is 28.3 Å². The Balaban J connectivity index is 1.36. The van der Waals surface area contributed by atoms with E-state index in [9.17, 15) is 9.59 Å². The van der Waals surface area contributed by atoms with Gasteiger partial charge in [-0.2, -0.15) is 5.10 Å². The van der Waals surface area contributed by atoms with Crippen LogP contribution in [0, 0.1) is 0 Å². The van der Waals surface area contributed by atoms with Crippen molar-refractivity contribution in [3.05, 3.63) is 106 Å². The fraction of sp³-hybridized carbons (Fsp3) is 0.182. The maximum atomic E-state index is 13.7. The lowest BCUT2D eigenvalue weighted by atomic mass is 10.0. The highest BCUT2D eigenvalue weighted by Crippen LogP contribution is 2.41. The number of hydrogen-bond acceptors (Lipinski definition) is 6. The molecule has 2 heterocycles. The van der Waals surface area contributed by atoms with Crippen molar-refractivity contribution in [2.75, 3.05) is 27.4 Å². The van der Waals surface area contributed by atoms with Crippen LogP contribution >= 0.6 is 11.6 Å². The van der Waals surface area contributed by atoms with E-state index in [4.69, 9.17) is 25.8 Å². The molecule has 1 amide bonds. The molecule has 0 atom stereocenters. The summed E-state index contributed by atoms with van der Waals surface area (Å²) in [5, 5.41) is 6.48. The van der Waals surface area contributed by atoms with Crippen molar-refractivity contribution < 1.29 is 19.0 Å². The van der Waals surface area contributed by atoms with Crippen molar-refractivity contribution in [3.63, 3.8) is 0 Å². The molecule has 212 valence electrons. The number of ether oxygens (including phenoxy) is 3. The molecule has 42 heavy (non-hydrogen) atoms. The number of nitrogens with zero attached hydrogens (tertiary/aromatic N) is 3. The Kier molecular flexibility index (Phi) is 7.54. The SMILES string of the molecule is COc1ccc(Cl)cc1-c1cc2c(c(OC)c1)OCCN(C(=O)Cn1nc(-c3ccccc3)c3ccccc3c1=O)C2. The average molecular weight is 582 g/mol. The predicted octanol–water partition coefficient (Wildman–Crippen LogP) is 5.82. The summed E-state index contributed by atoms with van der Waals surface area (Å²) in [7, 11) is 3.18. The highest BCUT2D eigenvalue weighted by atomic mass is 35.5. The van der Waals surface area contributed by atoms with Gasteiger partial charge in [-0.25, -0.2) is 4.68 Å². The minimum atomic E-state index is -0.317. The van der Waals surface area contributed by atoms with E-state index >= 15 is 0 Å². The third-order valence-electron chi connectivity index (χ3n) is 7.35. The molecule has 9 heteroatoms. The van der Waals surface area contributed by atoms with Crippen LogP contribution in [0.5, 0.6) is 17.2 Å². The Hall–Kier alpha value is -4.82. The first-order valence-corrected chi connectivity index (χ1v) is 13.9. The summed E-state index contributed by atoms with van der Waals surface area (Å²) in [5.41, 5.74) is 3.55. The zero-order chi connectivity index (χ0) is 29.2. The molecule has 1 aromatic heterocycles. The standard InChI is InChI=1S/C33H28ClN3O5/c1-40-28-13-12-24(34)18-27(28)22-16-23-19-36(14-15-42-32(23)29(17-22)41-2)30(38)20-37-33(39)26-11-7-6-10-25(26)31(35-37)21-8-4-3-5-9-21/h3-13,16-18H,14-15,19-20H2,1-2H3. The molecule has 0 aliphatic carbocycles. The van der Waals surface area contributed by atoms with Crippen LogP contribution in [0.15, 0.2) is 89.7 Å². The first-order chi connectivity index (χ1) is 20.5. The second-order valence-corrected chi connectivity index (χ2v) is 10.3. The van der Waals surface area contributed by atoms with Gasteiger partial charge in [0.2, 0.25) is 5.91 Å². The second kappa shape index (κ2) is 11.6. The molecule has 1 aliphatic heterocycles. The zero-order valence-electron chi connectivity index (χ0n) is 23.2. The van der Waals surface area contributed by atoms with Crippen LogP contribution in [-0.2, 0) is 17.9 Å². The molecule has 5 aromatic rings. The molecular formula is C33H28ClN3O5. The van der Waals surface area contributed by atoms with Gasteiger partial charge in [-0.05, 0) is 42.0 Å². The van der Waals surface area contributed by atoms with Crippen LogP contribution in [-0.4, -0.2) is 48.0 Å². The van der Waals surface area contributed by atoms with Crippen LogP contribution < -0.4 is 19.8 Å². The van der Waals surface area contributed by atoms with Crippen molar-refractivity contribution in [1.29, 1.82) is 0 Å². The number of carbonyl (C=O) groups is 1. The van der Waals surface area contributed by atoms with Gasteiger partial charge < -0.3 is 19.1 Å². The molecule has 0 N–H and O–H groups in total. The lowest BCUT2D eigenvalue weighted by molar-refractivity contribution is -0.132. The highest BCUT2D eigenvalue weighted by molar-refractivity contribution is 6.31. The first-order valence-electron chi connectivity index (χ1n) is 13.5. The predicted molar refractivity (Wildman–Crippen MR) is 162 cm³/mol. The lowest BCUT2D eigenvalue weighted by Crippen LogP contribution is -2.38. The highest BCUT2D eigenvalue weighted by Gasteiger charge is 2.25. The Bertz CT molecular complexity index is 1860. The van der Waals surface area contributed by atoms with Gasteiger partial charge in [0.05, 0.1) is 31.8 Å². The van der Waals surface area contributed by atoms with E-state index in [1.54, 1.807) is 37.3 Å². The number of carbonyl (C=O) groups excluding carboxylic acids is 1. The van der Waals surface area contributed by atoms with E-state index in [0.29, 0.717) is 39.9 Å². The maximum absolute atomic E-state index is 13.7. The van der Waals surface area contributed by atoms with Crippen LogP contribution in [0.1, 0.15) is 5.56 Å². The van der Waals surface area contributed by atoms with Gasteiger partial charge in [-0.3, -0.25) is 9.59 Å². The summed E-state index contributed by atoms with van der Waals surface area (Å²) in [6.07, 6.45) is 0. The molecule has 0 radical (unpaired) electrons. The van der Waals surface area contributed by atoms with Gasteiger partial charge in [-0.1, -0.05) is 60.1 Å². The fourth-order valence-corrected chi connectivity index (χ4v) is 5.46. The Morgan fingerprint density at radius 1 is 0.905 bits per heavy atom. The molecule has 1 aliphatic rings. The number of benzene rings is 4. The maximum Gasteiger partial charge on any atom is 0.275 e. The zero-order valence-corrected chi connectivity index (χ0v) is 23.9. The summed E-state index contributed by atoms with van der Waals surface area (Å²) in [5.74, 6) is 1.52. The monoisotopic (exact) mass is 581 g/mol. The first kappa shape index (κ1) is 27.4. The second-order valence-electron chi connectivity index (χ2n) is 9.90. The smallest absolute Gasteiger partial charge is 0.275 e. The summed E-state index contributed by atoms with van der Waals surface area (Å²) in [6, 6.07) is 26.2. The lowest BCUT2D eigenvalue weighted by Gasteiger charge is -2.21. The molecule has 0 fully saturated rings. The Labute approximate surface area is 247 Å². The number of amides is 1.